The molecule has 0 aromatic carbocycles. The molecule has 3 nitrogen and oxygen atoms in total. The zero-order chi connectivity index (χ0) is 15.4. The average molecular weight is 310 g/mol. The minimum Gasteiger partial charge on any atom is -0.326 e. The first kappa shape index (κ1) is 16.9. The first-order valence-corrected chi connectivity index (χ1v) is 9.27. The molecule has 0 bridgehead atoms. The summed E-state index contributed by atoms with van der Waals surface area (Å²) in [6.45, 7) is 13.6. The van der Waals surface area contributed by atoms with Crippen molar-refractivity contribution in [3.8, 4) is 0 Å². The van der Waals surface area contributed by atoms with Gasteiger partial charge in [0.2, 0.25) is 0 Å². The van der Waals surface area contributed by atoms with Gasteiger partial charge in [0.1, 0.15) is 0 Å². The molecule has 120 valence electrons. The van der Waals surface area contributed by atoms with Crippen molar-refractivity contribution in [2.75, 3.05) is 26.2 Å². The van der Waals surface area contributed by atoms with Crippen molar-refractivity contribution >= 4 is 11.3 Å². The van der Waals surface area contributed by atoms with Gasteiger partial charge in [0.15, 0.2) is 0 Å². The van der Waals surface area contributed by atoms with Crippen LogP contribution < -0.4 is 5.73 Å². The smallest absolute Gasteiger partial charge is 0.0596 e. The zero-order valence-electron chi connectivity index (χ0n) is 14.0. The van der Waals surface area contributed by atoms with Crippen molar-refractivity contribution < 1.29 is 0 Å². The Hall–Kier alpha value is -0.420. The van der Waals surface area contributed by atoms with Crippen LogP contribution in [0.4, 0.5) is 0 Å². The van der Waals surface area contributed by atoms with Gasteiger partial charge in [-0.15, -0.1) is 11.3 Å². The summed E-state index contributed by atoms with van der Waals surface area (Å²) in [5, 5.41) is 2.21. The number of nitrogens with zero attached hydrogens (tertiary/aromatic N) is 2. The molecule has 1 aromatic heterocycles. The van der Waals surface area contributed by atoms with Gasteiger partial charge in [-0.2, -0.15) is 0 Å². The molecule has 0 saturated carbocycles. The SMILES string of the molecule is CCC(N)C(c1sccc1C)N1CCC(N(CC)CC)C1. The standard InChI is InChI=1S/C17H31N3S/c1-5-15(18)16(17-13(4)9-11-21-17)20-10-8-14(12-20)19(6-2)7-3/h9,11,14-16H,5-8,10,12,18H2,1-4H3. The lowest BCUT2D eigenvalue weighted by molar-refractivity contribution is 0.173. The van der Waals surface area contributed by atoms with E-state index in [4.69, 9.17) is 5.73 Å². The molecule has 0 radical (unpaired) electrons. The van der Waals surface area contributed by atoms with Gasteiger partial charge in [0, 0.05) is 30.1 Å². The Labute approximate surface area is 134 Å². The van der Waals surface area contributed by atoms with Gasteiger partial charge in [-0.1, -0.05) is 20.8 Å². The van der Waals surface area contributed by atoms with Gasteiger partial charge in [0.25, 0.3) is 0 Å². The molecule has 4 heteroatoms. The van der Waals surface area contributed by atoms with Crippen LogP contribution in [0.3, 0.4) is 0 Å². The molecule has 0 spiro atoms. The van der Waals surface area contributed by atoms with Crippen molar-refractivity contribution in [2.24, 2.45) is 5.73 Å². The van der Waals surface area contributed by atoms with E-state index in [1.807, 2.05) is 11.3 Å². The number of likely N-dealkylation sites (tertiary alicyclic amines) is 1. The lowest BCUT2D eigenvalue weighted by atomic mass is 10.0. The van der Waals surface area contributed by atoms with Crippen LogP contribution in [-0.4, -0.2) is 48.1 Å². The molecule has 0 amide bonds. The van der Waals surface area contributed by atoms with E-state index in [-0.39, 0.29) is 6.04 Å². The van der Waals surface area contributed by atoms with E-state index in [1.54, 1.807) is 0 Å². The molecule has 1 aliphatic rings. The van der Waals surface area contributed by atoms with Gasteiger partial charge in [0.05, 0.1) is 6.04 Å². The van der Waals surface area contributed by atoms with Crippen molar-refractivity contribution in [1.82, 2.24) is 9.80 Å². The molecular formula is C17H31N3S. The third-order valence-corrected chi connectivity index (χ3v) is 6.05. The summed E-state index contributed by atoms with van der Waals surface area (Å²) in [5.41, 5.74) is 7.90. The molecule has 1 saturated heterocycles. The quantitative estimate of drug-likeness (QED) is 0.839. The van der Waals surface area contributed by atoms with E-state index in [1.165, 1.54) is 23.4 Å². The predicted molar refractivity (Wildman–Crippen MR) is 93.0 cm³/mol. The minimum absolute atomic E-state index is 0.234. The van der Waals surface area contributed by atoms with Crippen molar-refractivity contribution in [3.63, 3.8) is 0 Å². The fourth-order valence-electron chi connectivity index (χ4n) is 3.60. The fourth-order valence-corrected chi connectivity index (χ4v) is 4.74. The van der Waals surface area contributed by atoms with Crippen LogP contribution in [0.5, 0.6) is 0 Å². The van der Waals surface area contributed by atoms with E-state index in [9.17, 15) is 0 Å². The normalized spacial score (nSPS) is 22.9. The number of hydrogen-bond acceptors (Lipinski definition) is 4. The molecule has 2 N–H and O–H groups in total. The summed E-state index contributed by atoms with van der Waals surface area (Å²) in [4.78, 5) is 6.70. The molecule has 1 aliphatic heterocycles. The van der Waals surface area contributed by atoms with Crippen LogP contribution >= 0.6 is 11.3 Å². The molecule has 3 atom stereocenters. The lowest BCUT2D eigenvalue weighted by Crippen LogP contribution is -2.42. The zero-order valence-corrected chi connectivity index (χ0v) is 14.8. The molecule has 2 rings (SSSR count). The van der Waals surface area contributed by atoms with E-state index >= 15 is 0 Å². The van der Waals surface area contributed by atoms with Crippen LogP contribution in [-0.2, 0) is 0 Å². The van der Waals surface area contributed by atoms with Crippen LogP contribution in [0, 0.1) is 6.92 Å². The maximum absolute atomic E-state index is 6.50. The summed E-state index contributed by atoms with van der Waals surface area (Å²) in [7, 11) is 0. The Morgan fingerprint density at radius 3 is 2.62 bits per heavy atom. The average Bonchev–Trinajstić information content (AvgIpc) is 3.11. The van der Waals surface area contributed by atoms with Crippen LogP contribution in [0.1, 0.15) is 50.1 Å². The highest BCUT2D eigenvalue weighted by molar-refractivity contribution is 7.10. The first-order chi connectivity index (χ1) is 10.1. The monoisotopic (exact) mass is 309 g/mol. The summed E-state index contributed by atoms with van der Waals surface area (Å²) >= 11 is 1.87. The Morgan fingerprint density at radius 1 is 1.38 bits per heavy atom. The van der Waals surface area contributed by atoms with E-state index in [0.717, 1.165) is 26.1 Å². The van der Waals surface area contributed by atoms with Crippen molar-refractivity contribution in [2.45, 2.75) is 58.7 Å². The van der Waals surface area contributed by atoms with E-state index in [0.29, 0.717) is 12.1 Å². The second kappa shape index (κ2) is 7.73. The Bertz CT molecular complexity index is 427. The minimum atomic E-state index is 0.234. The molecular weight excluding hydrogens is 278 g/mol. The Balaban J connectivity index is 2.14. The van der Waals surface area contributed by atoms with Gasteiger partial charge in [-0.05, 0) is 49.9 Å². The second-order valence-electron chi connectivity index (χ2n) is 6.14. The first-order valence-electron chi connectivity index (χ1n) is 8.39. The number of rotatable bonds is 7. The van der Waals surface area contributed by atoms with Crippen molar-refractivity contribution in [1.29, 1.82) is 0 Å². The Morgan fingerprint density at radius 2 is 2.10 bits per heavy atom. The highest BCUT2D eigenvalue weighted by Crippen LogP contribution is 2.34. The predicted octanol–water partition coefficient (Wildman–Crippen LogP) is 3.25. The van der Waals surface area contributed by atoms with Crippen molar-refractivity contribution in [3.05, 3.63) is 21.9 Å². The third kappa shape index (κ3) is 3.67. The largest absolute Gasteiger partial charge is 0.326 e. The molecule has 21 heavy (non-hydrogen) atoms. The molecule has 0 aliphatic carbocycles. The molecule has 1 fully saturated rings. The highest BCUT2D eigenvalue weighted by atomic mass is 32.1. The maximum Gasteiger partial charge on any atom is 0.0596 e. The molecule has 1 aromatic rings. The van der Waals surface area contributed by atoms with Gasteiger partial charge >= 0.3 is 0 Å². The molecule has 2 heterocycles. The van der Waals surface area contributed by atoms with Crippen LogP contribution in [0.25, 0.3) is 0 Å². The number of aryl methyl sites for hydroxylation is 1. The van der Waals surface area contributed by atoms with Gasteiger partial charge in [-0.25, -0.2) is 0 Å². The van der Waals surface area contributed by atoms with Gasteiger partial charge in [-0.3, -0.25) is 9.80 Å². The van der Waals surface area contributed by atoms with Crippen LogP contribution in [0.2, 0.25) is 0 Å². The summed E-state index contributed by atoms with van der Waals surface area (Å²) in [6, 6.07) is 3.56. The number of nitrogens with two attached hydrogens (primary N) is 1. The number of likely N-dealkylation sites (N-methyl/N-ethyl adjacent to an activating group) is 1. The summed E-state index contributed by atoms with van der Waals surface area (Å²) in [5.74, 6) is 0. The third-order valence-electron chi connectivity index (χ3n) is 4.96. The lowest BCUT2D eigenvalue weighted by Gasteiger charge is -2.33. The van der Waals surface area contributed by atoms with Crippen LogP contribution in [0.15, 0.2) is 11.4 Å². The summed E-state index contributed by atoms with van der Waals surface area (Å²) < 4.78 is 0. The topological polar surface area (TPSA) is 32.5 Å². The highest BCUT2D eigenvalue weighted by Gasteiger charge is 2.34. The molecule has 3 unspecified atom stereocenters. The second-order valence-corrected chi connectivity index (χ2v) is 7.09. The number of hydrogen-bond donors (Lipinski definition) is 1. The number of thiophene rings is 1. The van der Waals surface area contributed by atoms with Gasteiger partial charge < -0.3 is 5.73 Å². The fraction of sp³-hybridized carbons (Fsp3) is 0.765. The summed E-state index contributed by atoms with van der Waals surface area (Å²) in [6.07, 6.45) is 2.31. The maximum atomic E-state index is 6.50. The Kier molecular flexibility index (Phi) is 6.23. The van der Waals surface area contributed by atoms with E-state index in [2.05, 4.69) is 48.9 Å². The van der Waals surface area contributed by atoms with E-state index < -0.39 is 0 Å².